The van der Waals surface area contributed by atoms with Gasteiger partial charge in [0.15, 0.2) is 11.6 Å². The fourth-order valence-corrected chi connectivity index (χ4v) is 6.69. The highest BCUT2D eigenvalue weighted by Crippen LogP contribution is 2.42. The van der Waals surface area contributed by atoms with Gasteiger partial charge in [-0.3, -0.25) is 0 Å². The van der Waals surface area contributed by atoms with Crippen LogP contribution in [0.15, 0.2) is 12.1 Å². The molecule has 2 saturated carbocycles. The molecular formula is C28H38F2N2. The standard InChI is InChI=1S/C28H38F2N2/c1-3-5-17-7-11-19(12-8-17)23-15-21-25(29)28-22(26(30)27(21)31-23)16-24(32-28)20-13-9-18(6-4-2)10-14-20/h15-20,31-32H,3-14H2,1-2H3. The van der Waals surface area contributed by atoms with Gasteiger partial charge in [0.05, 0.1) is 11.0 Å². The first kappa shape index (κ1) is 22.0. The minimum atomic E-state index is -0.301. The summed E-state index contributed by atoms with van der Waals surface area (Å²) in [4.78, 5) is 6.59. The van der Waals surface area contributed by atoms with Gasteiger partial charge in [0.25, 0.3) is 0 Å². The maximum absolute atomic E-state index is 15.5. The highest BCUT2D eigenvalue weighted by atomic mass is 19.1. The lowest BCUT2D eigenvalue weighted by molar-refractivity contribution is 0.306. The Bertz CT molecular complexity index is 924. The number of fused-ring (bicyclic) bond motifs is 2. The highest BCUT2D eigenvalue weighted by Gasteiger charge is 2.27. The van der Waals surface area contributed by atoms with E-state index in [1.54, 1.807) is 0 Å². The second-order valence-corrected chi connectivity index (χ2v) is 10.7. The molecule has 0 radical (unpaired) electrons. The van der Waals surface area contributed by atoms with Crippen molar-refractivity contribution in [1.82, 2.24) is 9.97 Å². The Labute approximate surface area is 190 Å². The molecule has 1 aromatic carbocycles. The minimum Gasteiger partial charge on any atom is -0.356 e. The molecule has 0 aliphatic heterocycles. The first-order valence-electron chi connectivity index (χ1n) is 13.1. The van der Waals surface area contributed by atoms with Crippen molar-refractivity contribution in [3.63, 3.8) is 0 Å². The van der Waals surface area contributed by atoms with Gasteiger partial charge in [-0.25, -0.2) is 8.78 Å². The smallest absolute Gasteiger partial charge is 0.156 e. The van der Waals surface area contributed by atoms with Crippen LogP contribution in [-0.2, 0) is 0 Å². The molecule has 0 spiro atoms. The first-order valence-corrected chi connectivity index (χ1v) is 13.1. The molecule has 2 heterocycles. The molecule has 0 saturated heterocycles. The third-order valence-electron chi connectivity index (χ3n) is 8.56. The van der Waals surface area contributed by atoms with Gasteiger partial charge in [-0.2, -0.15) is 0 Å². The monoisotopic (exact) mass is 440 g/mol. The van der Waals surface area contributed by atoms with Gasteiger partial charge in [-0.15, -0.1) is 0 Å². The number of hydrogen-bond donors (Lipinski definition) is 2. The van der Waals surface area contributed by atoms with E-state index in [4.69, 9.17) is 0 Å². The van der Waals surface area contributed by atoms with Crippen molar-refractivity contribution < 1.29 is 8.78 Å². The maximum atomic E-state index is 15.5. The molecule has 2 N–H and O–H groups in total. The van der Waals surface area contributed by atoms with Crippen LogP contribution < -0.4 is 0 Å². The summed E-state index contributed by atoms with van der Waals surface area (Å²) in [5.41, 5.74) is 2.71. The van der Waals surface area contributed by atoms with E-state index >= 15 is 8.78 Å². The minimum absolute atomic E-state index is 0.301. The molecule has 2 aliphatic rings. The molecule has 0 unspecified atom stereocenters. The molecule has 4 heteroatoms. The quantitative estimate of drug-likeness (QED) is 0.383. The van der Waals surface area contributed by atoms with Crippen LogP contribution in [0.3, 0.4) is 0 Å². The van der Waals surface area contributed by atoms with Crippen molar-refractivity contribution >= 4 is 21.8 Å². The molecule has 0 bridgehead atoms. The lowest BCUT2D eigenvalue weighted by atomic mass is 9.79. The van der Waals surface area contributed by atoms with Crippen molar-refractivity contribution in [1.29, 1.82) is 0 Å². The Balaban J connectivity index is 1.40. The SMILES string of the molecule is CCCC1CCC(c2cc3c(F)c4[nH]c(C5CCC(CCC)CC5)cc4c(F)c3[nH]2)CC1. The van der Waals surface area contributed by atoms with Gasteiger partial charge in [0.1, 0.15) is 0 Å². The molecule has 2 nitrogen and oxygen atoms in total. The largest absolute Gasteiger partial charge is 0.356 e. The summed E-state index contributed by atoms with van der Waals surface area (Å²) in [5, 5.41) is 0.807. The molecule has 0 amide bonds. The van der Waals surface area contributed by atoms with Crippen LogP contribution in [0.1, 0.15) is 114 Å². The lowest BCUT2D eigenvalue weighted by Gasteiger charge is -2.27. The summed E-state index contributed by atoms with van der Waals surface area (Å²) in [7, 11) is 0. The van der Waals surface area contributed by atoms with Gasteiger partial charge < -0.3 is 9.97 Å². The van der Waals surface area contributed by atoms with Crippen molar-refractivity contribution in [3.8, 4) is 0 Å². The summed E-state index contributed by atoms with van der Waals surface area (Å²) < 4.78 is 31.0. The van der Waals surface area contributed by atoms with E-state index < -0.39 is 0 Å². The van der Waals surface area contributed by atoms with Crippen LogP contribution in [0.25, 0.3) is 21.8 Å². The summed E-state index contributed by atoms with van der Waals surface area (Å²) >= 11 is 0. The average molecular weight is 441 g/mol. The summed E-state index contributed by atoms with van der Waals surface area (Å²) in [6, 6.07) is 3.77. The molecule has 174 valence electrons. The average Bonchev–Trinajstić information content (AvgIpc) is 3.45. The second kappa shape index (κ2) is 9.19. The van der Waals surface area contributed by atoms with Gasteiger partial charge in [-0.05, 0) is 87.2 Å². The maximum Gasteiger partial charge on any atom is 0.156 e. The number of rotatable bonds is 6. The molecule has 2 aromatic heterocycles. The van der Waals surface area contributed by atoms with E-state index in [1.165, 1.54) is 51.4 Å². The van der Waals surface area contributed by atoms with Gasteiger partial charge in [-0.1, -0.05) is 39.5 Å². The number of H-pyrrole nitrogens is 2. The number of benzene rings is 1. The highest BCUT2D eigenvalue weighted by molar-refractivity contribution is 5.98. The van der Waals surface area contributed by atoms with E-state index in [0.717, 1.165) is 48.9 Å². The fourth-order valence-electron chi connectivity index (χ4n) is 6.69. The summed E-state index contributed by atoms with van der Waals surface area (Å²) in [6.45, 7) is 4.50. The molecule has 2 fully saturated rings. The predicted octanol–water partition coefficient (Wildman–Crippen LogP) is 9.08. The van der Waals surface area contributed by atoms with E-state index in [2.05, 4.69) is 23.8 Å². The third kappa shape index (κ3) is 3.99. The first-order chi connectivity index (χ1) is 15.6. The Kier molecular flexibility index (Phi) is 6.31. The topological polar surface area (TPSA) is 31.6 Å². The van der Waals surface area contributed by atoms with Crippen molar-refractivity contribution in [3.05, 3.63) is 35.2 Å². The van der Waals surface area contributed by atoms with Crippen LogP contribution in [-0.4, -0.2) is 9.97 Å². The van der Waals surface area contributed by atoms with Crippen molar-refractivity contribution in [2.45, 2.75) is 103 Å². The number of aromatic amines is 2. The zero-order valence-electron chi connectivity index (χ0n) is 19.7. The van der Waals surface area contributed by atoms with Crippen molar-refractivity contribution in [2.75, 3.05) is 0 Å². The molecule has 2 aliphatic carbocycles. The van der Waals surface area contributed by atoms with Crippen LogP contribution in [0.4, 0.5) is 8.78 Å². The summed E-state index contributed by atoms with van der Waals surface area (Å²) in [5.74, 6) is 1.82. The normalized spacial score (nSPS) is 26.9. The van der Waals surface area contributed by atoms with Crippen LogP contribution >= 0.6 is 0 Å². The van der Waals surface area contributed by atoms with E-state index in [9.17, 15) is 0 Å². The molecule has 0 atom stereocenters. The second-order valence-electron chi connectivity index (χ2n) is 10.7. The van der Waals surface area contributed by atoms with E-state index in [1.807, 2.05) is 12.1 Å². The van der Waals surface area contributed by atoms with Crippen LogP contribution in [0, 0.1) is 23.5 Å². The number of aromatic nitrogens is 2. The number of nitrogens with one attached hydrogen (secondary N) is 2. The zero-order chi connectivity index (χ0) is 22.2. The van der Waals surface area contributed by atoms with E-state index in [0.29, 0.717) is 33.6 Å². The molecule has 5 rings (SSSR count). The zero-order valence-corrected chi connectivity index (χ0v) is 19.7. The third-order valence-corrected chi connectivity index (χ3v) is 8.56. The molecular weight excluding hydrogens is 402 g/mol. The number of hydrogen-bond acceptors (Lipinski definition) is 0. The fraction of sp³-hybridized carbons (Fsp3) is 0.643. The van der Waals surface area contributed by atoms with Gasteiger partial charge >= 0.3 is 0 Å². The predicted molar refractivity (Wildman–Crippen MR) is 129 cm³/mol. The Morgan fingerprint density at radius 2 is 1.03 bits per heavy atom. The molecule has 32 heavy (non-hydrogen) atoms. The van der Waals surface area contributed by atoms with Gasteiger partial charge in [0.2, 0.25) is 0 Å². The lowest BCUT2D eigenvalue weighted by Crippen LogP contribution is -2.13. The van der Waals surface area contributed by atoms with Gasteiger partial charge in [0, 0.05) is 22.2 Å². The van der Waals surface area contributed by atoms with Crippen LogP contribution in [0.2, 0.25) is 0 Å². The summed E-state index contributed by atoms with van der Waals surface area (Å²) in [6.07, 6.45) is 14.4. The van der Waals surface area contributed by atoms with Crippen molar-refractivity contribution in [2.24, 2.45) is 11.8 Å². The van der Waals surface area contributed by atoms with Crippen LogP contribution in [0.5, 0.6) is 0 Å². The Hall–Kier alpha value is -1.84. The Morgan fingerprint density at radius 1 is 0.656 bits per heavy atom. The van der Waals surface area contributed by atoms with E-state index in [-0.39, 0.29) is 11.6 Å². The molecule has 3 aromatic rings. The number of halogens is 2. The Morgan fingerprint density at radius 3 is 1.38 bits per heavy atom.